The highest BCUT2D eigenvalue weighted by atomic mass is 16.5. The van der Waals surface area contributed by atoms with Crippen LogP contribution in [0.5, 0.6) is 0 Å². The van der Waals surface area contributed by atoms with Crippen LogP contribution in [-0.4, -0.2) is 29.8 Å². The first kappa shape index (κ1) is 13.8. The zero-order chi connectivity index (χ0) is 13.6. The summed E-state index contributed by atoms with van der Waals surface area (Å²) in [6, 6.07) is -0.694. The van der Waals surface area contributed by atoms with Gasteiger partial charge in [0, 0.05) is 12.0 Å². The Morgan fingerprint density at radius 1 is 1.50 bits per heavy atom. The Morgan fingerprint density at radius 3 is 2.61 bits per heavy atom. The second kappa shape index (κ2) is 4.49. The molecule has 18 heavy (non-hydrogen) atoms. The van der Waals surface area contributed by atoms with Gasteiger partial charge in [0.2, 0.25) is 0 Å². The van der Waals surface area contributed by atoms with Crippen LogP contribution in [0.2, 0.25) is 0 Å². The molecule has 0 heterocycles. The molecule has 3 N–H and O–H groups in total. The number of rotatable bonds is 4. The van der Waals surface area contributed by atoms with Crippen LogP contribution in [0.25, 0.3) is 0 Å². The number of fused-ring (bicyclic) bond motifs is 2. The van der Waals surface area contributed by atoms with Crippen LogP contribution in [0.15, 0.2) is 0 Å². The highest BCUT2D eigenvalue weighted by Gasteiger charge is 2.62. The van der Waals surface area contributed by atoms with Crippen LogP contribution >= 0.6 is 0 Å². The van der Waals surface area contributed by atoms with Crippen molar-refractivity contribution in [2.45, 2.75) is 58.6 Å². The van der Waals surface area contributed by atoms with Crippen LogP contribution in [-0.2, 0) is 9.53 Å². The zero-order valence-corrected chi connectivity index (χ0v) is 11.6. The summed E-state index contributed by atoms with van der Waals surface area (Å²) in [4.78, 5) is 11.9. The largest absolute Gasteiger partial charge is 0.461 e. The molecule has 0 amide bonds. The van der Waals surface area contributed by atoms with Gasteiger partial charge in [-0.25, -0.2) is 0 Å². The molecule has 2 rings (SSSR count). The van der Waals surface area contributed by atoms with Crippen molar-refractivity contribution in [3.63, 3.8) is 0 Å². The number of aliphatic hydroxyl groups is 1. The van der Waals surface area contributed by atoms with Gasteiger partial charge in [0.25, 0.3) is 0 Å². The molecule has 2 saturated carbocycles. The average Bonchev–Trinajstić information content (AvgIpc) is 2.62. The molecule has 0 aromatic heterocycles. The highest BCUT2D eigenvalue weighted by molar-refractivity contribution is 5.75. The van der Waals surface area contributed by atoms with E-state index in [1.54, 1.807) is 0 Å². The van der Waals surface area contributed by atoms with E-state index in [0.717, 1.165) is 12.8 Å². The van der Waals surface area contributed by atoms with E-state index in [9.17, 15) is 4.79 Å². The van der Waals surface area contributed by atoms with E-state index in [1.807, 2.05) is 0 Å². The molecule has 4 atom stereocenters. The maximum absolute atomic E-state index is 11.9. The zero-order valence-electron chi connectivity index (χ0n) is 11.6. The van der Waals surface area contributed by atoms with Crippen molar-refractivity contribution in [1.82, 2.24) is 0 Å². The third-order valence-corrected chi connectivity index (χ3v) is 5.72. The predicted octanol–water partition coefficient (Wildman–Crippen LogP) is 1.45. The van der Waals surface area contributed by atoms with E-state index >= 15 is 0 Å². The van der Waals surface area contributed by atoms with Gasteiger partial charge in [0.15, 0.2) is 0 Å². The third kappa shape index (κ3) is 1.86. The first-order valence-electron chi connectivity index (χ1n) is 6.90. The molecule has 4 heteroatoms. The number of nitrogens with two attached hydrogens (primary N) is 1. The van der Waals surface area contributed by atoms with Gasteiger partial charge in [-0.1, -0.05) is 20.8 Å². The lowest BCUT2D eigenvalue weighted by Gasteiger charge is -2.38. The standard InChI is InChI=1S/C14H25NO3/c1-13(2)9-4-6-14(13,3)11(8-9)18-12(17)10(15)5-7-16/h9-11,16H,4-8,15H2,1-3H3/t9?,10-,11?,14?/m0/s1. The summed E-state index contributed by atoms with van der Waals surface area (Å²) >= 11 is 0. The SMILES string of the molecule is CC1(C)C2CCC1(C)C(OC(=O)[C@@H](N)CCO)C2. The Hall–Kier alpha value is -0.610. The molecule has 0 radical (unpaired) electrons. The number of ether oxygens (including phenoxy) is 1. The van der Waals surface area contributed by atoms with Gasteiger partial charge in [-0.15, -0.1) is 0 Å². The average molecular weight is 255 g/mol. The quantitative estimate of drug-likeness (QED) is 0.746. The van der Waals surface area contributed by atoms with E-state index in [2.05, 4.69) is 20.8 Å². The minimum Gasteiger partial charge on any atom is -0.461 e. The Balaban J connectivity index is 2.03. The van der Waals surface area contributed by atoms with Crippen molar-refractivity contribution < 1.29 is 14.6 Å². The summed E-state index contributed by atoms with van der Waals surface area (Å²) in [5, 5.41) is 8.80. The highest BCUT2D eigenvalue weighted by Crippen LogP contribution is 2.66. The van der Waals surface area contributed by atoms with Gasteiger partial charge in [-0.05, 0) is 37.0 Å². The van der Waals surface area contributed by atoms with Crippen LogP contribution in [0.3, 0.4) is 0 Å². The molecule has 104 valence electrons. The normalized spacial score (nSPS) is 38.7. The van der Waals surface area contributed by atoms with Crippen LogP contribution in [0, 0.1) is 16.7 Å². The summed E-state index contributed by atoms with van der Waals surface area (Å²) in [5.41, 5.74) is 5.99. The topological polar surface area (TPSA) is 72.5 Å². The molecule has 4 nitrogen and oxygen atoms in total. The molecule has 0 saturated heterocycles. The van der Waals surface area contributed by atoms with Crippen LogP contribution in [0.4, 0.5) is 0 Å². The van der Waals surface area contributed by atoms with Crippen molar-refractivity contribution in [3.8, 4) is 0 Å². The Morgan fingerprint density at radius 2 is 2.17 bits per heavy atom. The van der Waals surface area contributed by atoms with Gasteiger partial charge < -0.3 is 15.6 Å². The monoisotopic (exact) mass is 255 g/mol. The molecule has 0 aromatic rings. The van der Waals surface area contributed by atoms with E-state index < -0.39 is 6.04 Å². The molecule has 2 bridgehead atoms. The lowest BCUT2D eigenvalue weighted by Crippen LogP contribution is -2.42. The van der Waals surface area contributed by atoms with Gasteiger partial charge in [0.1, 0.15) is 12.1 Å². The van der Waals surface area contributed by atoms with Crippen LogP contribution in [0.1, 0.15) is 46.5 Å². The van der Waals surface area contributed by atoms with Crippen molar-refractivity contribution in [3.05, 3.63) is 0 Å². The summed E-state index contributed by atoms with van der Waals surface area (Å²) in [6.45, 7) is 6.72. The molecule has 2 fully saturated rings. The fourth-order valence-electron chi connectivity index (χ4n) is 3.79. The van der Waals surface area contributed by atoms with E-state index in [0.29, 0.717) is 5.92 Å². The first-order valence-corrected chi connectivity index (χ1v) is 6.90. The minimum absolute atomic E-state index is 0.0107. The molecular weight excluding hydrogens is 230 g/mol. The maximum Gasteiger partial charge on any atom is 0.323 e. The molecule has 0 aliphatic heterocycles. The maximum atomic E-state index is 11.9. The third-order valence-electron chi connectivity index (χ3n) is 5.72. The summed E-state index contributed by atoms with van der Waals surface area (Å²) < 4.78 is 5.62. The van der Waals surface area contributed by atoms with E-state index in [-0.39, 0.29) is 35.9 Å². The molecule has 0 aromatic carbocycles. The Bertz CT molecular complexity index is 342. The van der Waals surface area contributed by atoms with Gasteiger partial charge in [-0.3, -0.25) is 4.79 Å². The fourth-order valence-corrected chi connectivity index (χ4v) is 3.79. The molecule has 2 aliphatic rings. The van der Waals surface area contributed by atoms with Crippen LogP contribution < -0.4 is 5.73 Å². The molecule has 0 spiro atoms. The predicted molar refractivity (Wildman–Crippen MR) is 68.8 cm³/mol. The minimum atomic E-state index is -0.694. The second-order valence-electron chi connectivity index (χ2n) is 6.65. The van der Waals surface area contributed by atoms with Crippen molar-refractivity contribution in [1.29, 1.82) is 0 Å². The second-order valence-corrected chi connectivity index (χ2v) is 6.65. The van der Waals surface area contributed by atoms with Gasteiger partial charge >= 0.3 is 5.97 Å². The number of aliphatic hydroxyl groups excluding tert-OH is 1. The number of esters is 1. The van der Waals surface area contributed by atoms with Crippen molar-refractivity contribution in [2.75, 3.05) is 6.61 Å². The lowest BCUT2D eigenvalue weighted by molar-refractivity contribution is -0.158. The smallest absolute Gasteiger partial charge is 0.323 e. The first-order chi connectivity index (χ1) is 8.33. The van der Waals surface area contributed by atoms with Crippen molar-refractivity contribution >= 4 is 5.97 Å². The summed E-state index contributed by atoms with van der Waals surface area (Å²) in [5.74, 6) is 0.285. The lowest BCUT2D eigenvalue weighted by atomic mass is 9.70. The molecular formula is C14H25NO3. The fraction of sp³-hybridized carbons (Fsp3) is 0.929. The van der Waals surface area contributed by atoms with Gasteiger partial charge in [0.05, 0.1) is 0 Å². The van der Waals surface area contributed by atoms with Gasteiger partial charge in [-0.2, -0.15) is 0 Å². The number of carbonyl (C=O) groups excluding carboxylic acids is 1. The number of hydrogen-bond donors (Lipinski definition) is 2. The number of carbonyl (C=O) groups is 1. The van der Waals surface area contributed by atoms with Crippen molar-refractivity contribution in [2.24, 2.45) is 22.5 Å². The summed E-state index contributed by atoms with van der Waals surface area (Å²) in [7, 11) is 0. The number of hydrogen-bond acceptors (Lipinski definition) is 4. The van der Waals surface area contributed by atoms with E-state index in [4.69, 9.17) is 15.6 Å². The Kier molecular flexibility index (Phi) is 3.45. The Labute approximate surface area is 109 Å². The summed E-state index contributed by atoms with van der Waals surface area (Å²) in [6.07, 6.45) is 3.58. The molecule has 3 unspecified atom stereocenters. The molecule has 2 aliphatic carbocycles. The van der Waals surface area contributed by atoms with E-state index in [1.165, 1.54) is 6.42 Å².